The first-order chi connectivity index (χ1) is 12.6. The number of ether oxygens (including phenoxy) is 2. The minimum Gasteiger partial charge on any atom is -0.497 e. The summed E-state index contributed by atoms with van der Waals surface area (Å²) in [5, 5.41) is 0.850. The van der Waals surface area contributed by atoms with Gasteiger partial charge in [-0.2, -0.15) is 0 Å². The molecule has 0 amide bonds. The Balaban J connectivity index is 0.000000233. The van der Waals surface area contributed by atoms with Crippen molar-refractivity contribution >= 4 is 40.2 Å². The third-order valence-corrected chi connectivity index (χ3v) is 4.66. The smallest absolute Gasteiger partial charge is 0.134 e. The minimum absolute atomic E-state index is 0.493. The summed E-state index contributed by atoms with van der Waals surface area (Å²) in [5.41, 5.74) is 6.45. The third-order valence-electron chi connectivity index (χ3n) is 3.17. The van der Waals surface area contributed by atoms with E-state index in [1.165, 1.54) is 16.1 Å². The zero-order valence-electron chi connectivity index (χ0n) is 15.7. The van der Waals surface area contributed by atoms with E-state index in [2.05, 4.69) is 51.5 Å². The van der Waals surface area contributed by atoms with Crippen LogP contribution in [0.3, 0.4) is 0 Å². The van der Waals surface area contributed by atoms with E-state index < -0.39 is 0 Å². The first-order valence-corrected chi connectivity index (χ1v) is 10.2. The molecule has 0 aliphatic rings. The molecule has 0 aliphatic heterocycles. The molecule has 1 heterocycles. The summed E-state index contributed by atoms with van der Waals surface area (Å²) < 4.78 is 9.31. The second-order valence-electron chi connectivity index (χ2n) is 4.93. The fraction of sp³-hybridized carbons (Fsp3) is 0.263. The zero-order valence-corrected chi connectivity index (χ0v) is 17.4. The molecule has 0 fully saturated rings. The number of hydrogen-bond acceptors (Lipinski definition) is 7. The first kappa shape index (κ1) is 22.1. The van der Waals surface area contributed by atoms with E-state index in [9.17, 15) is 0 Å². The summed E-state index contributed by atoms with van der Waals surface area (Å²) in [6, 6.07) is 14.1. The quantitative estimate of drug-likeness (QED) is 0.654. The molecule has 5 nitrogen and oxygen atoms in total. The van der Waals surface area contributed by atoms with E-state index in [0.29, 0.717) is 5.82 Å². The molecular weight excluding hydrogens is 366 g/mol. The molecular formula is C19H25N3O2S2. The van der Waals surface area contributed by atoms with Crippen LogP contribution in [0, 0.1) is 0 Å². The molecule has 0 saturated carbocycles. The van der Waals surface area contributed by atoms with Crippen molar-refractivity contribution in [2.45, 2.75) is 9.79 Å². The summed E-state index contributed by atoms with van der Waals surface area (Å²) in [6.45, 7) is 0. The van der Waals surface area contributed by atoms with Crippen LogP contribution in [0.4, 0.5) is 5.82 Å². The van der Waals surface area contributed by atoms with E-state index in [0.717, 1.165) is 16.7 Å². The monoisotopic (exact) mass is 391 g/mol. The van der Waals surface area contributed by atoms with Crippen molar-refractivity contribution in [2.75, 3.05) is 39.6 Å². The lowest BCUT2D eigenvalue weighted by Gasteiger charge is -2.02. The van der Waals surface area contributed by atoms with Gasteiger partial charge in [-0.1, -0.05) is 0 Å². The molecule has 0 spiro atoms. The summed E-state index contributed by atoms with van der Waals surface area (Å²) >= 11 is 3.56. The molecule has 0 saturated heterocycles. The van der Waals surface area contributed by atoms with Gasteiger partial charge in [-0.3, -0.25) is 0 Å². The van der Waals surface area contributed by atoms with Crippen LogP contribution in [0.25, 0.3) is 10.9 Å². The fourth-order valence-corrected chi connectivity index (χ4v) is 2.71. The molecule has 0 radical (unpaired) electrons. The van der Waals surface area contributed by atoms with Crippen LogP contribution < -0.4 is 10.5 Å². The largest absolute Gasteiger partial charge is 0.497 e. The van der Waals surface area contributed by atoms with E-state index in [-0.39, 0.29) is 0 Å². The van der Waals surface area contributed by atoms with Crippen LogP contribution in [0.5, 0.6) is 5.75 Å². The number of hydrogen-bond donors (Lipinski definition) is 1. The summed E-state index contributed by atoms with van der Waals surface area (Å²) in [7, 11) is 4.87. The van der Waals surface area contributed by atoms with Crippen molar-refractivity contribution in [1.82, 2.24) is 9.97 Å². The van der Waals surface area contributed by atoms with Crippen LogP contribution in [-0.4, -0.2) is 43.8 Å². The highest BCUT2D eigenvalue weighted by Crippen LogP contribution is 2.21. The van der Waals surface area contributed by atoms with E-state index in [4.69, 9.17) is 10.5 Å². The van der Waals surface area contributed by atoms with Gasteiger partial charge in [0.2, 0.25) is 0 Å². The summed E-state index contributed by atoms with van der Waals surface area (Å²) in [4.78, 5) is 10.6. The van der Waals surface area contributed by atoms with Gasteiger partial charge in [-0.05, 0) is 48.9 Å². The molecule has 3 rings (SSSR count). The number of methoxy groups -OCH3 is 2. The average Bonchev–Trinajstić information content (AvgIpc) is 2.69. The average molecular weight is 392 g/mol. The highest BCUT2D eigenvalue weighted by Gasteiger charge is 2.00. The van der Waals surface area contributed by atoms with Crippen LogP contribution >= 0.6 is 23.5 Å². The van der Waals surface area contributed by atoms with Gasteiger partial charge in [-0.15, -0.1) is 23.5 Å². The maximum Gasteiger partial charge on any atom is 0.134 e. The molecule has 0 bridgehead atoms. The van der Waals surface area contributed by atoms with Crippen molar-refractivity contribution in [3.63, 3.8) is 0 Å². The van der Waals surface area contributed by atoms with Crippen LogP contribution in [0.2, 0.25) is 0 Å². The van der Waals surface area contributed by atoms with Crippen molar-refractivity contribution in [3.8, 4) is 5.75 Å². The van der Waals surface area contributed by atoms with Gasteiger partial charge in [0.25, 0.3) is 0 Å². The molecule has 1 aromatic heterocycles. The first-order valence-electron chi connectivity index (χ1n) is 7.72. The Labute approximate surface area is 163 Å². The molecule has 0 unspecified atom stereocenters. The van der Waals surface area contributed by atoms with Gasteiger partial charge in [0.1, 0.15) is 17.9 Å². The topological polar surface area (TPSA) is 70.3 Å². The Hall–Kier alpha value is -1.96. The Kier molecular flexibility index (Phi) is 10.5. The molecule has 0 aliphatic carbocycles. The standard InChI is InChI=1S/C9H9N3O.C8H10S2.C2H6O/c1-13-6-2-3-7-8(4-6)11-5-12-9(7)10;1-9-7-3-5-8(10-2)6-4-7;1-3-2/h2-5H,1H3,(H2,10,11,12);3-6H,1-2H3;1-2H3. The number of fused-ring (bicyclic) bond motifs is 1. The Morgan fingerprint density at radius 3 is 1.85 bits per heavy atom. The number of rotatable bonds is 3. The Bertz CT molecular complexity index is 760. The lowest BCUT2D eigenvalue weighted by molar-refractivity contribution is 0.277. The second-order valence-corrected chi connectivity index (χ2v) is 6.69. The Morgan fingerprint density at radius 2 is 1.38 bits per heavy atom. The van der Waals surface area contributed by atoms with Crippen molar-refractivity contribution in [3.05, 3.63) is 48.8 Å². The maximum absolute atomic E-state index is 5.66. The summed E-state index contributed by atoms with van der Waals surface area (Å²) in [6.07, 6.45) is 5.62. The molecule has 7 heteroatoms. The second kappa shape index (κ2) is 12.4. The van der Waals surface area contributed by atoms with Gasteiger partial charge < -0.3 is 15.2 Å². The normalized spacial score (nSPS) is 9.58. The van der Waals surface area contributed by atoms with E-state index in [1.54, 1.807) is 44.9 Å². The zero-order chi connectivity index (χ0) is 19.4. The number of nitrogen functional groups attached to an aromatic ring is 1. The van der Waals surface area contributed by atoms with Crippen LogP contribution in [0.1, 0.15) is 0 Å². The van der Waals surface area contributed by atoms with Gasteiger partial charge in [0.05, 0.1) is 12.6 Å². The van der Waals surface area contributed by atoms with Gasteiger partial charge in [-0.25, -0.2) is 9.97 Å². The number of thioether (sulfide) groups is 2. The molecule has 140 valence electrons. The van der Waals surface area contributed by atoms with Crippen molar-refractivity contribution < 1.29 is 9.47 Å². The lowest BCUT2D eigenvalue weighted by Crippen LogP contribution is -1.93. The highest BCUT2D eigenvalue weighted by molar-refractivity contribution is 7.99. The van der Waals surface area contributed by atoms with Crippen LogP contribution in [-0.2, 0) is 4.74 Å². The van der Waals surface area contributed by atoms with Crippen molar-refractivity contribution in [2.24, 2.45) is 0 Å². The number of anilines is 1. The number of benzene rings is 2. The minimum atomic E-state index is 0.493. The van der Waals surface area contributed by atoms with Crippen LogP contribution in [0.15, 0.2) is 58.6 Å². The van der Waals surface area contributed by atoms with Gasteiger partial charge in [0.15, 0.2) is 0 Å². The number of aromatic nitrogens is 2. The highest BCUT2D eigenvalue weighted by atomic mass is 32.2. The number of nitrogens with two attached hydrogens (primary N) is 1. The molecule has 2 aromatic carbocycles. The third kappa shape index (κ3) is 7.11. The predicted molar refractivity (Wildman–Crippen MR) is 113 cm³/mol. The van der Waals surface area contributed by atoms with E-state index in [1.807, 2.05) is 18.2 Å². The summed E-state index contributed by atoms with van der Waals surface area (Å²) in [5.74, 6) is 1.26. The molecule has 26 heavy (non-hydrogen) atoms. The predicted octanol–water partition coefficient (Wildman–Crippen LogP) is 4.61. The molecule has 0 atom stereocenters. The van der Waals surface area contributed by atoms with E-state index >= 15 is 0 Å². The Morgan fingerprint density at radius 1 is 0.846 bits per heavy atom. The van der Waals surface area contributed by atoms with Gasteiger partial charge >= 0.3 is 0 Å². The molecule has 2 N–H and O–H groups in total. The fourth-order valence-electron chi connectivity index (χ4n) is 1.90. The maximum atomic E-state index is 5.66. The lowest BCUT2D eigenvalue weighted by atomic mass is 10.2. The number of nitrogens with zero attached hydrogens (tertiary/aromatic N) is 2. The van der Waals surface area contributed by atoms with Gasteiger partial charge in [0, 0.05) is 35.5 Å². The SMILES string of the molecule is COC.COc1ccc2c(N)ncnc2c1.CSc1ccc(SC)cc1. The van der Waals surface area contributed by atoms with Crippen molar-refractivity contribution in [1.29, 1.82) is 0 Å². The molecule has 3 aromatic rings.